The van der Waals surface area contributed by atoms with Gasteiger partial charge in [-0.15, -0.1) is 0 Å². The first-order valence-corrected chi connectivity index (χ1v) is 5.38. The van der Waals surface area contributed by atoms with E-state index in [4.69, 9.17) is 0 Å². The van der Waals surface area contributed by atoms with Gasteiger partial charge in [0, 0.05) is 5.41 Å². The second-order valence-corrected chi connectivity index (χ2v) is 5.39. The van der Waals surface area contributed by atoms with Gasteiger partial charge in [-0.25, -0.2) is 0 Å². The Bertz CT molecular complexity index is 230. The first-order valence-electron chi connectivity index (χ1n) is 5.38. The summed E-state index contributed by atoms with van der Waals surface area (Å²) in [5, 5.41) is 19.8. The van der Waals surface area contributed by atoms with Crippen LogP contribution in [-0.4, -0.2) is 21.9 Å². The van der Waals surface area contributed by atoms with Gasteiger partial charge in [0.2, 0.25) is 0 Å². The number of rotatable bonds is 2. The van der Waals surface area contributed by atoms with Crippen LogP contribution in [0.1, 0.15) is 40.5 Å². The summed E-state index contributed by atoms with van der Waals surface area (Å²) in [5.74, 6) is 0.257. The topological polar surface area (TPSA) is 40.5 Å². The normalized spacial score (nSPS) is 40.2. The molecule has 0 aliphatic heterocycles. The van der Waals surface area contributed by atoms with E-state index in [2.05, 4.69) is 6.92 Å². The van der Waals surface area contributed by atoms with Crippen molar-refractivity contribution in [2.24, 2.45) is 11.3 Å². The van der Waals surface area contributed by atoms with E-state index in [-0.39, 0.29) is 17.4 Å². The van der Waals surface area contributed by atoms with Crippen LogP contribution in [0.3, 0.4) is 0 Å². The highest BCUT2D eigenvalue weighted by Gasteiger charge is 2.37. The summed E-state index contributed by atoms with van der Waals surface area (Å²) in [6.45, 7) is 7.92. The molecule has 0 bridgehead atoms. The standard InChI is InChI=1S/C12H22O2/c1-9(2)10(13)11(3)5-7-12(4,14)8-6-11/h5,7,9-10,13-14H,6,8H2,1-4H3/t10-,11?,12?/m0/s1. The lowest BCUT2D eigenvalue weighted by Crippen LogP contribution is -2.40. The average molecular weight is 198 g/mol. The van der Waals surface area contributed by atoms with Gasteiger partial charge in [0.05, 0.1) is 11.7 Å². The largest absolute Gasteiger partial charge is 0.392 e. The van der Waals surface area contributed by atoms with Crippen molar-refractivity contribution in [2.75, 3.05) is 0 Å². The van der Waals surface area contributed by atoms with E-state index >= 15 is 0 Å². The summed E-state index contributed by atoms with van der Waals surface area (Å²) in [6.07, 6.45) is 5.04. The Morgan fingerprint density at radius 3 is 2.07 bits per heavy atom. The molecule has 1 aliphatic carbocycles. The lowest BCUT2D eigenvalue weighted by atomic mass is 9.70. The average Bonchev–Trinajstić information content (AvgIpc) is 2.09. The quantitative estimate of drug-likeness (QED) is 0.667. The molecule has 0 saturated heterocycles. The van der Waals surface area contributed by atoms with E-state index in [0.717, 1.165) is 12.8 Å². The summed E-state index contributed by atoms with van der Waals surface area (Å²) >= 11 is 0. The van der Waals surface area contributed by atoms with Crippen LogP contribution in [0.4, 0.5) is 0 Å². The van der Waals surface area contributed by atoms with E-state index in [1.54, 1.807) is 0 Å². The van der Waals surface area contributed by atoms with E-state index < -0.39 is 5.60 Å². The van der Waals surface area contributed by atoms with Gasteiger partial charge < -0.3 is 10.2 Å². The summed E-state index contributed by atoms with van der Waals surface area (Å²) in [5.41, 5.74) is -0.855. The fourth-order valence-corrected chi connectivity index (χ4v) is 2.07. The van der Waals surface area contributed by atoms with Crippen molar-refractivity contribution in [3.63, 3.8) is 0 Å². The molecule has 2 N–H and O–H groups in total. The zero-order valence-electron chi connectivity index (χ0n) is 9.62. The van der Waals surface area contributed by atoms with Crippen molar-refractivity contribution in [2.45, 2.75) is 52.2 Å². The van der Waals surface area contributed by atoms with Crippen molar-refractivity contribution in [1.29, 1.82) is 0 Å². The van der Waals surface area contributed by atoms with Gasteiger partial charge in [-0.1, -0.05) is 32.9 Å². The summed E-state index contributed by atoms with van der Waals surface area (Å²) in [6, 6.07) is 0. The van der Waals surface area contributed by atoms with Crippen LogP contribution in [0.15, 0.2) is 12.2 Å². The molecule has 14 heavy (non-hydrogen) atoms. The predicted molar refractivity (Wildman–Crippen MR) is 57.9 cm³/mol. The predicted octanol–water partition coefficient (Wildman–Crippen LogP) is 2.11. The Balaban J connectivity index is 2.79. The molecule has 0 amide bonds. The van der Waals surface area contributed by atoms with Crippen LogP contribution >= 0.6 is 0 Å². The molecule has 0 saturated carbocycles. The van der Waals surface area contributed by atoms with Crippen molar-refractivity contribution in [1.82, 2.24) is 0 Å². The van der Waals surface area contributed by atoms with Crippen molar-refractivity contribution in [3.05, 3.63) is 12.2 Å². The van der Waals surface area contributed by atoms with E-state index in [1.807, 2.05) is 32.9 Å². The molecule has 0 fully saturated rings. The molecule has 0 aromatic rings. The maximum absolute atomic E-state index is 10.0. The Kier molecular flexibility index (Phi) is 3.07. The fraction of sp³-hybridized carbons (Fsp3) is 0.833. The zero-order chi connectivity index (χ0) is 11.0. The third-order valence-corrected chi connectivity index (χ3v) is 3.30. The summed E-state index contributed by atoms with van der Waals surface area (Å²) in [7, 11) is 0. The van der Waals surface area contributed by atoms with Crippen molar-refractivity contribution in [3.8, 4) is 0 Å². The molecule has 2 unspecified atom stereocenters. The smallest absolute Gasteiger partial charge is 0.0800 e. The first-order chi connectivity index (χ1) is 6.27. The van der Waals surface area contributed by atoms with Crippen LogP contribution < -0.4 is 0 Å². The minimum atomic E-state index is -0.684. The molecule has 0 spiro atoms. The van der Waals surface area contributed by atoms with Gasteiger partial charge in [-0.3, -0.25) is 0 Å². The minimum Gasteiger partial charge on any atom is -0.392 e. The van der Waals surface area contributed by atoms with Crippen LogP contribution in [0.5, 0.6) is 0 Å². The van der Waals surface area contributed by atoms with E-state index in [0.29, 0.717) is 0 Å². The number of aliphatic hydroxyl groups is 2. The molecule has 0 aromatic carbocycles. The van der Waals surface area contributed by atoms with Crippen LogP contribution in [-0.2, 0) is 0 Å². The highest BCUT2D eigenvalue weighted by atomic mass is 16.3. The molecule has 1 aliphatic rings. The van der Waals surface area contributed by atoms with Gasteiger partial charge in [0.25, 0.3) is 0 Å². The molecular formula is C12H22O2. The fourth-order valence-electron chi connectivity index (χ4n) is 2.07. The summed E-state index contributed by atoms with van der Waals surface area (Å²) in [4.78, 5) is 0. The molecule has 3 atom stereocenters. The van der Waals surface area contributed by atoms with Gasteiger partial charge in [-0.05, 0) is 25.7 Å². The monoisotopic (exact) mass is 198 g/mol. The number of hydrogen-bond donors (Lipinski definition) is 2. The molecule has 2 nitrogen and oxygen atoms in total. The lowest BCUT2D eigenvalue weighted by Gasteiger charge is -2.40. The maximum atomic E-state index is 10.0. The second-order valence-electron chi connectivity index (χ2n) is 5.39. The Morgan fingerprint density at radius 1 is 1.14 bits per heavy atom. The second kappa shape index (κ2) is 3.67. The number of aliphatic hydroxyl groups excluding tert-OH is 1. The van der Waals surface area contributed by atoms with Gasteiger partial charge in [0.1, 0.15) is 0 Å². The Labute approximate surface area is 86.6 Å². The van der Waals surface area contributed by atoms with Crippen LogP contribution in [0.25, 0.3) is 0 Å². The minimum absolute atomic E-state index is 0.170. The van der Waals surface area contributed by atoms with Crippen LogP contribution in [0.2, 0.25) is 0 Å². The third-order valence-electron chi connectivity index (χ3n) is 3.30. The zero-order valence-corrected chi connectivity index (χ0v) is 9.62. The summed E-state index contributed by atoms with van der Waals surface area (Å²) < 4.78 is 0. The lowest BCUT2D eigenvalue weighted by molar-refractivity contribution is -0.00226. The van der Waals surface area contributed by atoms with E-state index in [9.17, 15) is 10.2 Å². The molecule has 0 aromatic heterocycles. The van der Waals surface area contributed by atoms with Gasteiger partial charge >= 0.3 is 0 Å². The third kappa shape index (κ3) is 2.37. The van der Waals surface area contributed by atoms with Crippen molar-refractivity contribution < 1.29 is 10.2 Å². The molecule has 0 radical (unpaired) electrons. The van der Waals surface area contributed by atoms with Gasteiger partial charge in [0.15, 0.2) is 0 Å². The molecular weight excluding hydrogens is 176 g/mol. The highest BCUT2D eigenvalue weighted by molar-refractivity contribution is 5.13. The first kappa shape index (κ1) is 11.7. The Hall–Kier alpha value is -0.340. The Morgan fingerprint density at radius 2 is 1.71 bits per heavy atom. The highest BCUT2D eigenvalue weighted by Crippen LogP contribution is 2.39. The van der Waals surface area contributed by atoms with Gasteiger partial charge in [-0.2, -0.15) is 0 Å². The number of hydrogen-bond acceptors (Lipinski definition) is 2. The maximum Gasteiger partial charge on any atom is 0.0800 e. The van der Waals surface area contributed by atoms with E-state index in [1.165, 1.54) is 0 Å². The SMILES string of the molecule is CC(C)[C@H](O)C1(C)C=CC(C)(O)CC1. The molecule has 82 valence electrons. The molecule has 2 heteroatoms. The van der Waals surface area contributed by atoms with Crippen LogP contribution in [0, 0.1) is 11.3 Å². The molecule has 1 rings (SSSR count). The van der Waals surface area contributed by atoms with Crippen molar-refractivity contribution >= 4 is 0 Å². The molecule has 0 heterocycles.